The lowest BCUT2D eigenvalue weighted by atomic mass is 10.0. The molecule has 0 saturated heterocycles. The van der Waals surface area contributed by atoms with Gasteiger partial charge in [-0.2, -0.15) is 10.2 Å². The standard InChI is InChI=1S/C20H18BrN5O/c21-17-12-22-25(14-17)11-9-20(27)23-19-8-10-26(24-19)13-16-6-3-5-15-4-1-2-7-18(15)16/h1-8,10,12,14H,9,11,13H2,(H,23,24,27). The molecule has 2 heterocycles. The first-order valence-corrected chi connectivity index (χ1v) is 9.44. The van der Waals surface area contributed by atoms with Crippen LogP contribution in [0.3, 0.4) is 0 Å². The Morgan fingerprint density at radius 2 is 1.93 bits per heavy atom. The highest BCUT2D eigenvalue weighted by atomic mass is 79.9. The van der Waals surface area contributed by atoms with Crippen molar-refractivity contribution in [1.29, 1.82) is 0 Å². The number of benzene rings is 2. The molecule has 0 aliphatic rings. The van der Waals surface area contributed by atoms with E-state index in [9.17, 15) is 4.79 Å². The van der Waals surface area contributed by atoms with E-state index < -0.39 is 0 Å². The number of rotatable bonds is 6. The molecule has 0 fully saturated rings. The third kappa shape index (κ3) is 4.25. The summed E-state index contributed by atoms with van der Waals surface area (Å²) in [5.74, 6) is 0.471. The lowest BCUT2D eigenvalue weighted by Crippen LogP contribution is -2.15. The molecule has 0 bridgehead atoms. The van der Waals surface area contributed by atoms with Gasteiger partial charge in [0.1, 0.15) is 0 Å². The Labute approximate surface area is 164 Å². The average Bonchev–Trinajstić information content (AvgIpc) is 3.29. The summed E-state index contributed by atoms with van der Waals surface area (Å²) in [6.45, 7) is 1.17. The predicted octanol–water partition coefficient (Wildman–Crippen LogP) is 4.07. The first-order chi connectivity index (χ1) is 13.2. The minimum Gasteiger partial charge on any atom is -0.309 e. The summed E-state index contributed by atoms with van der Waals surface area (Å²) in [6, 6.07) is 16.4. The number of hydrogen-bond acceptors (Lipinski definition) is 3. The lowest BCUT2D eigenvalue weighted by molar-refractivity contribution is -0.116. The van der Waals surface area contributed by atoms with E-state index in [1.54, 1.807) is 10.9 Å². The van der Waals surface area contributed by atoms with E-state index >= 15 is 0 Å². The monoisotopic (exact) mass is 423 g/mol. The Balaban J connectivity index is 1.38. The maximum Gasteiger partial charge on any atom is 0.227 e. The van der Waals surface area contributed by atoms with E-state index in [0.29, 0.717) is 25.3 Å². The summed E-state index contributed by atoms with van der Waals surface area (Å²) in [5, 5.41) is 13.9. The third-order valence-electron chi connectivity index (χ3n) is 4.29. The second-order valence-electron chi connectivity index (χ2n) is 6.26. The summed E-state index contributed by atoms with van der Waals surface area (Å²) >= 11 is 3.34. The summed E-state index contributed by atoms with van der Waals surface area (Å²) in [6.07, 6.45) is 5.76. The number of nitrogens with zero attached hydrogens (tertiary/aromatic N) is 4. The minimum absolute atomic E-state index is 0.0861. The second-order valence-corrected chi connectivity index (χ2v) is 7.17. The summed E-state index contributed by atoms with van der Waals surface area (Å²) in [5.41, 5.74) is 1.19. The molecule has 0 unspecified atom stereocenters. The normalized spacial score (nSPS) is 11.0. The van der Waals surface area contributed by atoms with E-state index in [-0.39, 0.29) is 5.91 Å². The molecule has 0 radical (unpaired) electrons. The van der Waals surface area contributed by atoms with E-state index in [4.69, 9.17) is 0 Å². The molecule has 4 rings (SSSR count). The third-order valence-corrected chi connectivity index (χ3v) is 4.70. The van der Waals surface area contributed by atoms with Crippen LogP contribution >= 0.6 is 15.9 Å². The van der Waals surface area contributed by atoms with Gasteiger partial charge >= 0.3 is 0 Å². The fourth-order valence-corrected chi connectivity index (χ4v) is 3.33. The van der Waals surface area contributed by atoms with E-state index in [1.807, 2.05) is 35.3 Å². The molecule has 6 nitrogen and oxygen atoms in total. The van der Waals surface area contributed by atoms with Crippen LogP contribution in [0, 0.1) is 0 Å². The molecule has 1 N–H and O–H groups in total. The second kappa shape index (κ2) is 7.75. The average molecular weight is 424 g/mol. The van der Waals surface area contributed by atoms with Crippen LogP contribution in [0.15, 0.2) is 71.6 Å². The number of aromatic nitrogens is 4. The van der Waals surface area contributed by atoms with Crippen LogP contribution in [0.1, 0.15) is 12.0 Å². The van der Waals surface area contributed by atoms with Crippen molar-refractivity contribution < 1.29 is 4.79 Å². The van der Waals surface area contributed by atoms with Crippen molar-refractivity contribution in [3.8, 4) is 0 Å². The molecule has 0 saturated carbocycles. The first-order valence-electron chi connectivity index (χ1n) is 8.65. The van der Waals surface area contributed by atoms with Crippen LogP contribution in [0.5, 0.6) is 0 Å². The summed E-state index contributed by atoms with van der Waals surface area (Å²) in [7, 11) is 0. The maximum absolute atomic E-state index is 12.1. The molecule has 1 amide bonds. The predicted molar refractivity (Wildman–Crippen MR) is 108 cm³/mol. The Hall–Kier alpha value is -2.93. The molecule has 4 aromatic rings. The molecular formula is C20H18BrN5O. The number of nitrogens with one attached hydrogen (secondary N) is 1. The fourth-order valence-electron chi connectivity index (χ4n) is 3.00. The van der Waals surface area contributed by atoms with Crippen LogP contribution in [0.4, 0.5) is 5.82 Å². The van der Waals surface area contributed by atoms with Crippen molar-refractivity contribution >= 4 is 38.4 Å². The van der Waals surface area contributed by atoms with Gasteiger partial charge in [-0.05, 0) is 32.3 Å². The van der Waals surface area contributed by atoms with Crippen molar-refractivity contribution in [1.82, 2.24) is 19.6 Å². The molecule has 0 atom stereocenters. The van der Waals surface area contributed by atoms with Gasteiger partial charge in [-0.1, -0.05) is 42.5 Å². The van der Waals surface area contributed by atoms with E-state index in [2.05, 4.69) is 61.8 Å². The van der Waals surface area contributed by atoms with Crippen molar-refractivity contribution in [2.75, 3.05) is 5.32 Å². The van der Waals surface area contributed by atoms with Gasteiger partial charge in [0.25, 0.3) is 0 Å². The lowest BCUT2D eigenvalue weighted by Gasteiger charge is -2.07. The Morgan fingerprint density at radius 3 is 2.78 bits per heavy atom. The van der Waals surface area contributed by atoms with Crippen LogP contribution in [0.25, 0.3) is 10.8 Å². The molecule has 7 heteroatoms. The zero-order valence-electron chi connectivity index (χ0n) is 14.5. The largest absolute Gasteiger partial charge is 0.309 e. The van der Waals surface area contributed by atoms with Gasteiger partial charge in [0.15, 0.2) is 5.82 Å². The van der Waals surface area contributed by atoms with E-state index in [0.717, 1.165) is 4.47 Å². The van der Waals surface area contributed by atoms with Crippen LogP contribution in [0.2, 0.25) is 0 Å². The van der Waals surface area contributed by atoms with Crippen molar-refractivity contribution in [2.24, 2.45) is 0 Å². The number of hydrogen-bond donors (Lipinski definition) is 1. The fraction of sp³-hybridized carbons (Fsp3) is 0.150. The van der Waals surface area contributed by atoms with Crippen molar-refractivity contribution in [2.45, 2.75) is 19.5 Å². The quantitative estimate of drug-likeness (QED) is 0.508. The van der Waals surface area contributed by atoms with Gasteiger partial charge in [0.2, 0.25) is 5.91 Å². The Morgan fingerprint density at radius 1 is 1.07 bits per heavy atom. The zero-order chi connectivity index (χ0) is 18.6. The highest BCUT2D eigenvalue weighted by Crippen LogP contribution is 2.19. The summed E-state index contributed by atoms with van der Waals surface area (Å²) < 4.78 is 4.46. The van der Waals surface area contributed by atoms with Gasteiger partial charge in [-0.3, -0.25) is 14.2 Å². The number of fused-ring (bicyclic) bond motifs is 1. The zero-order valence-corrected chi connectivity index (χ0v) is 16.1. The smallest absolute Gasteiger partial charge is 0.227 e. The van der Waals surface area contributed by atoms with Gasteiger partial charge in [0.05, 0.1) is 17.2 Å². The van der Waals surface area contributed by atoms with Crippen molar-refractivity contribution in [3.05, 3.63) is 77.2 Å². The highest BCUT2D eigenvalue weighted by Gasteiger charge is 2.07. The number of amides is 1. The Kier molecular flexibility index (Phi) is 5.02. The van der Waals surface area contributed by atoms with E-state index in [1.165, 1.54) is 16.3 Å². The van der Waals surface area contributed by atoms with Gasteiger partial charge < -0.3 is 5.32 Å². The summed E-state index contributed by atoms with van der Waals surface area (Å²) in [4.78, 5) is 12.1. The maximum atomic E-state index is 12.1. The van der Waals surface area contributed by atoms with Gasteiger partial charge in [-0.25, -0.2) is 0 Å². The molecule has 0 spiro atoms. The Bertz CT molecular complexity index is 1080. The molecule has 0 aliphatic carbocycles. The minimum atomic E-state index is -0.0861. The van der Waals surface area contributed by atoms with Crippen LogP contribution in [-0.2, 0) is 17.9 Å². The molecule has 2 aromatic carbocycles. The van der Waals surface area contributed by atoms with Gasteiger partial charge in [0, 0.05) is 31.4 Å². The van der Waals surface area contributed by atoms with Crippen LogP contribution in [-0.4, -0.2) is 25.5 Å². The highest BCUT2D eigenvalue weighted by molar-refractivity contribution is 9.10. The SMILES string of the molecule is O=C(CCn1cc(Br)cn1)Nc1ccn(Cc2cccc3ccccc23)n1. The van der Waals surface area contributed by atoms with Crippen LogP contribution < -0.4 is 5.32 Å². The van der Waals surface area contributed by atoms with Crippen molar-refractivity contribution in [3.63, 3.8) is 0 Å². The van der Waals surface area contributed by atoms with Gasteiger partial charge in [-0.15, -0.1) is 0 Å². The molecule has 2 aromatic heterocycles. The number of anilines is 1. The molecular weight excluding hydrogens is 406 g/mol. The number of aryl methyl sites for hydroxylation is 1. The first kappa shape index (κ1) is 17.5. The number of carbonyl (C=O) groups is 1. The molecule has 0 aliphatic heterocycles. The molecule has 136 valence electrons. The topological polar surface area (TPSA) is 64.7 Å². The molecule has 27 heavy (non-hydrogen) atoms. The number of carbonyl (C=O) groups excluding carboxylic acids is 1. The number of halogens is 1.